The lowest BCUT2D eigenvalue weighted by Gasteiger charge is -2.29. The van der Waals surface area contributed by atoms with Gasteiger partial charge in [-0.25, -0.2) is 0 Å². The van der Waals surface area contributed by atoms with Gasteiger partial charge in [0.15, 0.2) is 0 Å². The fourth-order valence-electron chi connectivity index (χ4n) is 4.17. The standard InChI is InChI=1S/C24H25BrN2O4/c25-19-9-4-8-18(16-19)21-20(22(28)17-6-2-1-3-7-17)23(29)24(30)27(21)11-5-10-26-12-14-31-15-13-26/h1-4,6-9,16,21,28H,5,10-15H2/b22-20+/t21-/m1/s1. The molecule has 2 aromatic carbocycles. The molecule has 0 spiro atoms. The topological polar surface area (TPSA) is 70.1 Å². The molecular formula is C24H25BrN2O4. The van der Waals surface area contributed by atoms with Crippen molar-refractivity contribution in [3.63, 3.8) is 0 Å². The van der Waals surface area contributed by atoms with Crippen molar-refractivity contribution in [3.8, 4) is 0 Å². The van der Waals surface area contributed by atoms with E-state index in [-0.39, 0.29) is 11.3 Å². The Balaban J connectivity index is 1.66. The highest BCUT2D eigenvalue weighted by Crippen LogP contribution is 2.40. The van der Waals surface area contributed by atoms with Crippen molar-refractivity contribution in [2.75, 3.05) is 39.4 Å². The number of morpholine rings is 1. The molecule has 6 nitrogen and oxygen atoms in total. The molecule has 2 fully saturated rings. The predicted molar refractivity (Wildman–Crippen MR) is 121 cm³/mol. The maximum absolute atomic E-state index is 13.0. The number of Topliss-reactive ketones (excluding diaryl/α,β-unsaturated/α-hetero) is 1. The van der Waals surface area contributed by atoms with Crippen LogP contribution in [0.5, 0.6) is 0 Å². The lowest BCUT2D eigenvalue weighted by Crippen LogP contribution is -2.38. The molecule has 2 aromatic rings. The summed E-state index contributed by atoms with van der Waals surface area (Å²) in [4.78, 5) is 29.9. The number of hydrogen-bond acceptors (Lipinski definition) is 5. The molecule has 2 heterocycles. The van der Waals surface area contributed by atoms with Crippen molar-refractivity contribution in [2.24, 2.45) is 0 Å². The fourth-order valence-corrected chi connectivity index (χ4v) is 4.59. The highest BCUT2D eigenvalue weighted by atomic mass is 79.9. The van der Waals surface area contributed by atoms with Crippen molar-refractivity contribution >= 4 is 33.4 Å². The van der Waals surface area contributed by atoms with Gasteiger partial charge in [-0.3, -0.25) is 14.5 Å². The van der Waals surface area contributed by atoms with Gasteiger partial charge < -0.3 is 14.7 Å². The molecule has 2 aliphatic heterocycles. The second kappa shape index (κ2) is 9.77. The quantitative estimate of drug-likeness (QED) is 0.385. The summed E-state index contributed by atoms with van der Waals surface area (Å²) in [5.41, 5.74) is 1.45. The monoisotopic (exact) mass is 484 g/mol. The van der Waals surface area contributed by atoms with Crippen LogP contribution in [0, 0.1) is 0 Å². The minimum Gasteiger partial charge on any atom is -0.507 e. The second-order valence-electron chi connectivity index (χ2n) is 7.72. The molecule has 0 aromatic heterocycles. The van der Waals surface area contributed by atoms with E-state index >= 15 is 0 Å². The Hall–Kier alpha value is -2.48. The molecule has 0 bridgehead atoms. The lowest BCUT2D eigenvalue weighted by atomic mass is 9.95. The van der Waals surface area contributed by atoms with Crippen LogP contribution in [0.4, 0.5) is 0 Å². The number of likely N-dealkylation sites (tertiary alicyclic amines) is 1. The number of hydrogen-bond donors (Lipinski definition) is 1. The number of carbonyl (C=O) groups is 2. The summed E-state index contributed by atoms with van der Waals surface area (Å²) >= 11 is 3.48. The average molecular weight is 485 g/mol. The number of aliphatic hydroxyl groups excluding tert-OH is 1. The van der Waals surface area contributed by atoms with Gasteiger partial charge in [0, 0.05) is 36.2 Å². The molecule has 2 saturated heterocycles. The van der Waals surface area contributed by atoms with Crippen LogP contribution in [0.3, 0.4) is 0 Å². The molecule has 1 N–H and O–H groups in total. The van der Waals surface area contributed by atoms with Gasteiger partial charge in [0.05, 0.1) is 24.8 Å². The van der Waals surface area contributed by atoms with Crippen molar-refractivity contribution in [1.82, 2.24) is 9.80 Å². The van der Waals surface area contributed by atoms with Crippen molar-refractivity contribution in [2.45, 2.75) is 12.5 Å². The Morgan fingerprint density at radius 2 is 1.77 bits per heavy atom. The zero-order chi connectivity index (χ0) is 21.8. The number of nitrogens with zero attached hydrogens (tertiary/aromatic N) is 2. The summed E-state index contributed by atoms with van der Waals surface area (Å²) in [6, 6.07) is 15.8. The minimum absolute atomic E-state index is 0.139. The van der Waals surface area contributed by atoms with E-state index in [0.29, 0.717) is 12.1 Å². The number of ether oxygens (including phenoxy) is 1. The number of amides is 1. The van der Waals surface area contributed by atoms with Gasteiger partial charge in [-0.1, -0.05) is 58.4 Å². The van der Waals surface area contributed by atoms with E-state index in [2.05, 4.69) is 20.8 Å². The molecule has 162 valence electrons. The Morgan fingerprint density at radius 1 is 1.03 bits per heavy atom. The van der Waals surface area contributed by atoms with Crippen LogP contribution in [0.2, 0.25) is 0 Å². The van der Waals surface area contributed by atoms with E-state index in [1.54, 1.807) is 29.2 Å². The maximum Gasteiger partial charge on any atom is 0.295 e. The van der Waals surface area contributed by atoms with E-state index in [1.807, 2.05) is 30.3 Å². The third-order valence-electron chi connectivity index (χ3n) is 5.73. The number of carbonyl (C=O) groups excluding carboxylic acids is 2. The molecule has 0 saturated carbocycles. The van der Waals surface area contributed by atoms with Crippen LogP contribution in [-0.4, -0.2) is 66.0 Å². The second-order valence-corrected chi connectivity index (χ2v) is 8.64. The summed E-state index contributed by atoms with van der Waals surface area (Å²) in [6.45, 7) is 4.46. The van der Waals surface area contributed by atoms with Gasteiger partial charge in [-0.15, -0.1) is 0 Å². The molecule has 1 amide bonds. The molecule has 31 heavy (non-hydrogen) atoms. The minimum atomic E-state index is -0.641. The molecule has 2 aliphatic rings. The van der Waals surface area contributed by atoms with Crippen LogP contribution in [-0.2, 0) is 14.3 Å². The van der Waals surface area contributed by atoms with E-state index in [0.717, 1.165) is 49.3 Å². The first-order chi connectivity index (χ1) is 15.1. The normalized spacial score (nSPS) is 21.6. The first-order valence-electron chi connectivity index (χ1n) is 10.5. The third kappa shape index (κ3) is 4.74. The molecule has 1 atom stereocenters. The van der Waals surface area contributed by atoms with Gasteiger partial charge in [-0.05, 0) is 24.1 Å². The summed E-state index contributed by atoms with van der Waals surface area (Å²) in [7, 11) is 0. The van der Waals surface area contributed by atoms with Gasteiger partial charge in [-0.2, -0.15) is 0 Å². The lowest BCUT2D eigenvalue weighted by molar-refractivity contribution is -0.140. The number of ketones is 1. The van der Waals surface area contributed by atoms with Crippen LogP contribution < -0.4 is 0 Å². The van der Waals surface area contributed by atoms with Gasteiger partial charge in [0.25, 0.3) is 11.7 Å². The van der Waals surface area contributed by atoms with Crippen LogP contribution >= 0.6 is 15.9 Å². The van der Waals surface area contributed by atoms with Crippen molar-refractivity contribution < 1.29 is 19.4 Å². The Labute approximate surface area is 190 Å². The molecule has 4 rings (SSSR count). The van der Waals surface area contributed by atoms with Gasteiger partial charge >= 0.3 is 0 Å². The van der Waals surface area contributed by atoms with Crippen LogP contribution in [0.1, 0.15) is 23.6 Å². The third-order valence-corrected chi connectivity index (χ3v) is 6.22. The highest BCUT2D eigenvalue weighted by molar-refractivity contribution is 9.10. The summed E-state index contributed by atoms with van der Waals surface area (Å²) < 4.78 is 6.24. The van der Waals surface area contributed by atoms with E-state index in [1.165, 1.54) is 0 Å². The van der Waals surface area contributed by atoms with E-state index < -0.39 is 17.7 Å². The van der Waals surface area contributed by atoms with E-state index in [4.69, 9.17) is 4.74 Å². The first kappa shape index (κ1) is 21.7. The zero-order valence-corrected chi connectivity index (χ0v) is 18.8. The summed E-state index contributed by atoms with van der Waals surface area (Å²) in [6.07, 6.45) is 0.739. The van der Waals surface area contributed by atoms with Gasteiger partial charge in [0.2, 0.25) is 0 Å². The van der Waals surface area contributed by atoms with Crippen LogP contribution in [0.15, 0.2) is 64.6 Å². The Morgan fingerprint density at radius 3 is 2.48 bits per heavy atom. The smallest absolute Gasteiger partial charge is 0.295 e. The van der Waals surface area contributed by atoms with Gasteiger partial charge in [0.1, 0.15) is 5.76 Å². The largest absolute Gasteiger partial charge is 0.507 e. The summed E-state index contributed by atoms with van der Waals surface area (Å²) in [5, 5.41) is 11.0. The number of aliphatic hydroxyl groups is 1. The number of halogens is 1. The van der Waals surface area contributed by atoms with Crippen molar-refractivity contribution in [3.05, 3.63) is 75.8 Å². The predicted octanol–water partition coefficient (Wildman–Crippen LogP) is 3.59. The zero-order valence-electron chi connectivity index (χ0n) is 17.2. The SMILES string of the molecule is O=C1C(=O)N(CCCN2CCOCC2)[C@H](c2cccc(Br)c2)/C1=C(\O)c1ccccc1. The number of benzene rings is 2. The molecule has 0 unspecified atom stereocenters. The first-order valence-corrected chi connectivity index (χ1v) is 11.2. The molecule has 0 aliphatic carbocycles. The van der Waals surface area contributed by atoms with Crippen LogP contribution in [0.25, 0.3) is 5.76 Å². The highest BCUT2D eigenvalue weighted by Gasteiger charge is 2.45. The van der Waals surface area contributed by atoms with E-state index in [9.17, 15) is 14.7 Å². The maximum atomic E-state index is 13.0. The molecular weight excluding hydrogens is 460 g/mol. The Bertz CT molecular complexity index is 986. The average Bonchev–Trinajstić information content (AvgIpc) is 3.05. The Kier molecular flexibility index (Phi) is 6.85. The number of rotatable bonds is 6. The fraction of sp³-hybridized carbons (Fsp3) is 0.333. The van der Waals surface area contributed by atoms with Crippen molar-refractivity contribution in [1.29, 1.82) is 0 Å². The molecule has 7 heteroatoms. The molecule has 0 radical (unpaired) electrons. The summed E-state index contributed by atoms with van der Waals surface area (Å²) in [5.74, 6) is -1.35.